The van der Waals surface area contributed by atoms with Gasteiger partial charge in [-0.2, -0.15) is 0 Å². The molecule has 19 heavy (non-hydrogen) atoms. The van der Waals surface area contributed by atoms with E-state index >= 15 is 0 Å². The van der Waals surface area contributed by atoms with E-state index in [0.29, 0.717) is 0 Å². The zero-order chi connectivity index (χ0) is 13.7. The molecule has 0 amide bonds. The highest BCUT2D eigenvalue weighted by atomic mass is 79.9. The highest BCUT2D eigenvalue weighted by Crippen LogP contribution is 2.22. The van der Waals surface area contributed by atoms with Crippen LogP contribution in [0.5, 0.6) is 5.75 Å². The highest BCUT2D eigenvalue weighted by Gasteiger charge is 2.03. The van der Waals surface area contributed by atoms with E-state index in [0.717, 1.165) is 34.6 Å². The maximum atomic E-state index is 5.34. The number of methoxy groups -OCH3 is 1. The van der Waals surface area contributed by atoms with E-state index in [4.69, 9.17) is 4.74 Å². The Bertz CT molecular complexity index is 540. The van der Waals surface area contributed by atoms with Crippen molar-refractivity contribution in [2.75, 3.05) is 7.11 Å². The number of hydrogen-bond acceptors (Lipinski definition) is 3. The Morgan fingerprint density at radius 1 is 1.21 bits per heavy atom. The van der Waals surface area contributed by atoms with Crippen LogP contribution in [0.3, 0.4) is 0 Å². The summed E-state index contributed by atoms with van der Waals surface area (Å²) in [5.41, 5.74) is 3.35. The fourth-order valence-corrected chi connectivity index (χ4v) is 2.22. The van der Waals surface area contributed by atoms with Crippen molar-refractivity contribution in [1.82, 2.24) is 10.3 Å². The van der Waals surface area contributed by atoms with Crippen molar-refractivity contribution in [2.45, 2.75) is 20.0 Å². The molecule has 0 unspecified atom stereocenters. The molecule has 2 aromatic rings. The Morgan fingerprint density at radius 3 is 2.74 bits per heavy atom. The molecule has 100 valence electrons. The zero-order valence-corrected chi connectivity index (χ0v) is 12.7. The summed E-state index contributed by atoms with van der Waals surface area (Å²) in [5, 5.41) is 3.38. The van der Waals surface area contributed by atoms with Crippen molar-refractivity contribution < 1.29 is 4.74 Å². The minimum atomic E-state index is 0.746. The first-order chi connectivity index (χ1) is 9.19. The number of rotatable bonds is 5. The average molecular weight is 321 g/mol. The number of aromatic nitrogens is 1. The SMILES string of the molecule is COc1ccc(Br)cc1CNCc1ccc(C)cn1. The highest BCUT2D eigenvalue weighted by molar-refractivity contribution is 9.10. The van der Waals surface area contributed by atoms with Crippen LogP contribution in [0, 0.1) is 6.92 Å². The molecule has 0 atom stereocenters. The lowest BCUT2D eigenvalue weighted by Crippen LogP contribution is -2.14. The van der Waals surface area contributed by atoms with Gasteiger partial charge in [-0.1, -0.05) is 22.0 Å². The molecule has 0 radical (unpaired) electrons. The molecule has 0 bridgehead atoms. The molecule has 0 fully saturated rings. The molecule has 0 saturated carbocycles. The molecular formula is C15H17BrN2O. The van der Waals surface area contributed by atoms with Crippen LogP contribution in [0.25, 0.3) is 0 Å². The van der Waals surface area contributed by atoms with Gasteiger partial charge in [-0.25, -0.2) is 0 Å². The van der Waals surface area contributed by atoms with Gasteiger partial charge in [0, 0.05) is 29.3 Å². The lowest BCUT2D eigenvalue weighted by Gasteiger charge is -2.10. The van der Waals surface area contributed by atoms with Gasteiger partial charge in [-0.05, 0) is 36.8 Å². The summed E-state index contributed by atoms with van der Waals surface area (Å²) in [7, 11) is 1.69. The largest absolute Gasteiger partial charge is 0.496 e. The summed E-state index contributed by atoms with van der Waals surface area (Å²) >= 11 is 3.47. The fourth-order valence-electron chi connectivity index (χ4n) is 1.81. The van der Waals surface area contributed by atoms with Crippen molar-refractivity contribution in [3.8, 4) is 5.75 Å². The molecule has 1 N–H and O–H groups in total. The fraction of sp³-hybridized carbons (Fsp3) is 0.267. The van der Waals surface area contributed by atoms with Crippen LogP contribution >= 0.6 is 15.9 Å². The Morgan fingerprint density at radius 2 is 2.05 bits per heavy atom. The number of ether oxygens (including phenoxy) is 1. The third kappa shape index (κ3) is 4.04. The van der Waals surface area contributed by atoms with Crippen LogP contribution in [-0.4, -0.2) is 12.1 Å². The predicted molar refractivity (Wildman–Crippen MR) is 80.2 cm³/mol. The van der Waals surface area contributed by atoms with Crippen LogP contribution in [0.15, 0.2) is 41.0 Å². The molecule has 1 heterocycles. The number of nitrogens with zero attached hydrogens (tertiary/aromatic N) is 1. The van der Waals surface area contributed by atoms with Crippen molar-refractivity contribution in [3.63, 3.8) is 0 Å². The molecule has 0 spiro atoms. The Kier molecular flexibility index (Phi) is 4.93. The monoisotopic (exact) mass is 320 g/mol. The third-order valence-corrected chi connectivity index (χ3v) is 3.33. The molecule has 4 heteroatoms. The van der Waals surface area contributed by atoms with E-state index in [1.54, 1.807) is 7.11 Å². The van der Waals surface area contributed by atoms with Crippen molar-refractivity contribution in [1.29, 1.82) is 0 Å². The topological polar surface area (TPSA) is 34.1 Å². The van der Waals surface area contributed by atoms with E-state index in [9.17, 15) is 0 Å². The summed E-state index contributed by atoms with van der Waals surface area (Å²) in [4.78, 5) is 4.37. The Balaban J connectivity index is 1.95. The molecular weight excluding hydrogens is 304 g/mol. The van der Waals surface area contributed by atoms with Crippen molar-refractivity contribution in [3.05, 3.63) is 57.8 Å². The number of benzene rings is 1. The maximum absolute atomic E-state index is 5.34. The van der Waals surface area contributed by atoms with Crippen LogP contribution < -0.4 is 10.1 Å². The first-order valence-electron chi connectivity index (χ1n) is 6.13. The smallest absolute Gasteiger partial charge is 0.123 e. The lowest BCUT2D eigenvalue weighted by atomic mass is 10.2. The molecule has 0 aliphatic rings. The van der Waals surface area contributed by atoms with Gasteiger partial charge in [-0.15, -0.1) is 0 Å². The molecule has 2 rings (SSSR count). The van der Waals surface area contributed by atoms with Crippen LogP contribution in [-0.2, 0) is 13.1 Å². The van der Waals surface area contributed by atoms with Crippen molar-refractivity contribution in [2.24, 2.45) is 0 Å². The van der Waals surface area contributed by atoms with E-state index in [-0.39, 0.29) is 0 Å². The number of nitrogens with one attached hydrogen (secondary N) is 1. The minimum Gasteiger partial charge on any atom is -0.496 e. The molecule has 0 aliphatic heterocycles. The second-order valence-electron chi connectivity index (χ2n) is 4.39. The summed E-state index contributed by atoms with van der Waals surface area (Å²) in [6, 6.07) is 10.1. The molecule has 0 saturated heterocycles. The Labute approximate surface area is 122 Å². The second-order valence-corrected chi connectivity index (χ2v) is 5.30. The summed E-state index contributed by atoms with van der Waals surface area (Å²) in [5.74, 6) is 0.896. The number of halogens is 1. The lowest BCUT2D eigenvalue weighted by molar-refractivity contribution is 0.407. The maximum Gasteiger partial charge on any atom is 0.123 e. The quantitative estimate of drug-likeness (QED) is 0.916. The molecule has 0 aliphatic carbocycles. The van der Waals surface area contributed by atoms with Gasteiger partial charge in [0.05, 0.1) is 12.8 Å². The van der Waals surface area contributed by atoms with Gasteiger partial charge in [0.25, 0.3) is 0 Å². The molecule has 3 nitrogen and oxygen atoms in total. The number of aryl methyl sites for hydroxylation is 1. The summed E-state index contributed by atoms with van der Waals surface area (Å²) < 4.78 is 6.40. The van der Waals surface area contributed by atoms with Gasteiger partial charge >= 0.3 is 0 Å². The van der Waals surface area contributed by atoms with Gasteiger partial charge in [0.1, 0.15) is 5.75 Å². The van der Waals surface area contributed by atoms with E-state index < -0.39 is 0 Å². The predicted octanol–water partition coefficient (Wildman–Crippen LogP) is 3.45. The molecule has 1 aromatic heterocycles. The van der Waals surface area contributed by atoms with E-state index in [1.807, 2.05) is 31.3 Å². The minimum absolute atomic E-state index is 0.746. The normalized spacial score (nSPS) is 10.5. The number of pyridine rings is 1. The van der Waals surface area contributed by atoms with Gasteiger partial charge in [0.15, 0.2) is 0 Å². The van der Waals surface area contributed by atoms with E-state index in [1.165, 1.54) is 5.56 Å². The Hall–Kier alpha value is -1.39. The standard InChI is InChI=1S/C15H17BrN2O/c1-11-3-5-14(18-8-11)10-17-9-12-7-13(16)4-6-15(12)19-2/h3-8,17H,9-10H2,1-2H3. The summed E-state index contributed by atoms with van der Waals surface area (Å²) in [6.45, 7) is 3.53. The van der Waals surface area contributed by atoms with Crippen LogP contribution in [0.2, 0.25) is 0 Å². The van der Waals surface area contributed by atoms with E-state index in [2.05, 4.69) is 38.4 Å². The van der Waals surface area contributed by atoms with Gasteiger partial charge in [-0.3, -0.25) is 4.98 Å². The number of hydrogen-bond donors (Lipinski definition) is 1. The molecule has 1 aromatic carbocycles. The summed E-state index contributed by atoms with van der Waals surface area (Å²) in [6.07, 6.45) is 1.89. The first-order valence-corrected chi connectivity index (χ1v) is 6.93. The second kappa shape index (κ2) is 6.68. The van der Waals surface area contributed by atoms with Crippen LogP contribution in [0.4, 0.5) is 0 Å². The van der Waals surface area contributed by atoms with Crippen LogP contribution in [0.1, 0.15) is 16.8 Å². The first kappa shape index (κ1) is 14.0. The zero-order valence-electron chi connectivity index (χ0n) is 11.1. The van der Waals surface area contributed by atoms with Gasteiger partial charge in [0.2, 0.25) is 0 Å². The average Bonchev–Trinajstić information content (AvgIpc) is 2.41. The van der Waals surface area contributed by atoms with Gasteiger partial charge < -0.3 is 10.1 Å². The van der Waals surface area contributed by atoms with Crippen molar-refractivity contribution >= 4 is 15.9 Å². The third-order valence-electron chi connectivity index (χ3n) is 2.84.